The number of nitrogens with zero attached hydrogens (tertiary/aromatic N) is 1. The number of benzene rings is 1. The first-order chi connectivity index (χ1) is 8.72. The average molecular weight is 243 g/mol. The Hall–Kier alpha value is -2.10. The lowest BCUT2D eigenvalue weighted by Crippen LogP contribution is -2.08. The second-order valence-electron chi connectivity index (χ2n) is 4.22. The topological polar surface area (TPSA) is 57.8 Å². The summed E-state index contributed by atoms with van der Waals surface area (Å²) in [7, 11) is 0. The number of carbonyl (C=O) groups excluding carboxylic acids is 1. The highest BCUT2D eigenvalue weighted by molar-refractivity contribution is 5.94. The molecule has 0 saturated heterocycles. The molecule has 0 atom stereocenters. The Morgan fingerprint density at radius 1 is 1.33 bits per heavy atom. The number of aromatic amines is 1. The molecule has 0 aliphatic carbocycles. The monoisotopic (exact) mass is 243 g/mol. The molecule has 1 amide bonds. The number of amides is 1. The minimum absolute atomic E-state index is 0.0778. The van der Waals surface area contributed by atoms with Crippen molar-refractivity contribution in [2.24, 2.45) is 0 Å². The van der Waals surface area contributed by atoms with Crippen LogP contribution < -0.4 is 5.32 Å². The van der Waals surface area contributed by atoms with E-state index in [2.05, 4.69) is 22.4 Å². The van der Waals surface area contributed by atoms with Gasteiger partial charge in [-0.15, -0.1) is 0 Å². The first kappa shape index (κ1) is 12.4. The van der Waals surface area contributed by atoms with Crippen LogP contribution in [-0.4, -0.2) is 16.1 Å². The maximum absolute atomic E-state index is 11.3. The van der Waals surface area contributed by atoms with Crippen molar-refractivity contribution in [3.8, 4) is 11.3 Å². The highest BCUT2D eigenvalue weighted by atomic mass is 16.1. The van der Waals surface area contributed by atoms with Gasteiger partial charge in [0, 0.05) is 12.5 Å². The summed E-state index contributed by atoms with van der Waals surface area (Å²) in [6.07, 6.45) is 1.87. The molecular weight excluding hydrogens is 226 g/mol. The predicted octanol–water partition coefficient (Wildman–Crippen LogP) is 2.99. The molecule has 0 bridgehead atoms. The Morgan fingerprint density at radius 3 is 2.67 bits per heavy atom. The predicted molar refractivity (Wildman–Crippen MR) is 72.3 cm³/mol. The van der Waals surface area contributed by atoms with Gasteiger partial charge in [-0.1, -0.05) is 43.7 Å². The van der Waals surface area contributed by atoms with E-state index >= 15 is 0 Å². The molecule has 0 spiro atoms. The van der Waals surface area contributed by atoms with Crippen molar-refractivity contribution >= 4 is 11.6 Å². The van der Waals surface area contributed by atoms with E-state index < -0.39 is 0 Å². The third-order valence-corrected chi connectivity index (χ3v) is 2.69. The van der Waals surface area contributed by atoms with Gasteiger partial charge in [0.15, 0.2) is 0 Å². The molecule has 4 heteroatoms. The fourth-order valence-electron chi connectivity index (χ4n) is 1.92. The molecule has 0 aliphatic rings. The summed E-state index contributed by atoms with van der Waals surface area (Å²) in [6, 6.07) is 9.84. The van der Waals surface area contributed by atoms with Crippen LogP contribution in [0.25, 0.3) is 11.3 Å². The summed E-state index contributed by atoms with van der Waals surface area (Å²) in [5.41, 5.74) is 3.58. The molecule has 0 fully saturated rings. The third-order valence-electron chi connectivity index (χ3n) is 2.69. The van der Waals surface area contributed by atoms with E-state index in [1.165, 1.54) is 6.92 Å². The van der Waals surface area contributed by atoms with Crippen molar-refractivity contribution < 1.29 is 4.79 Å². The molecule has 0 radical (unpaired) electrons. The van der Waals surface area contributed by atoms with Gasteiger partial charge < -0.3 is 5.32 Å². The summed E-state index contributed by atoms with van der Waals surface area (Å²) in [5.74, 6) is -0.0778. The molecule has 2 rings (SSSR count). The molecule has 0 saturated carbocycles. The van der Waals surface area contributed by atoms with Gasteiger partial charge in [-0.3, -0.25) is 9.89 Å². The summed E-state index contributed by atoms with van der Waals surface area (Å²) in [4.78, 5) is 11.3. The van der Waals surface area contributed by atoms with Crippen LogP contribution in [0.2, 0.25) is 0 Å². The van der Waals surface area contributed by atoms with Crippen molar-refractivity contribution in [3.05, 3.63) is 36.0 Å². The number of anilines is 1. The van der Waals surface area contributed by atoms with Crippen LogP contribution >= 0.6 is 0 Å². The summed E-state index contributed by atoms with van der Waals surface area (Å²) < 4.78 is 0. The van der Waals surface area contributed by atoms with Gasteiger partial charge in [-0.2, -0.15) is 5.10 Å². The van der Waals surface area contributed by atoms with E-state index in [4.69, 9.17) is 0 Å². The lowest BCUT2D eigenvalue weighted by Gasteiger charge is -2.05. The molecule has 0 aliphatic heterocycles. The van der Waals surface area contributed by atoms with Gasteiger partial charge in [0.25, 0.3) is 0 Å². The molecule has 1 heterocycles. The lowest BCUT2D eigenvalue weighted by atomic mass is 10.1. The number of hydrogen-bond acceptors (Lipinski definition) is 2. The highest BCUT2D eigenvalue weighted by Crippen LogP contribution is 2.29. The summed E-state index contributed by atoms with van der Waals surface area (Å²) in [6.45, 7) is 3.61. The second kappa shape index (κ2) is 5.49. The zero-order chi connectivity index (χ0) is 13.0. The van der Waals surface area contributed by atoms with Crippen LogP contribution in [0.5, 0.6) is 0 Å². The van der Waals surface area contributed by atoms with Gasteiger partial charge in [0.2, 0.25) is 5.91 Å². The maximum atomic E-state index is 11.3. The Labute approximate surface area is 106 Å². The number of rotatable bonds is 4. The normalized spacial score (nSPS) is 10.3. The van der Waals surface area contributed by atoms with Gasteiger partial charge >= 0.3 is 0 Å². The molecular formula is C14H17N3O. The SMILES string of the molecule is CCCc1[nH]nc(-c2ccccc2)c1NC(C)=O. The number of aromatic nitrogens is 2. The lowest BCUT2D eigenvalue weighted by molar-refractivity contribution is -0.114. The van der Waals surface area contributed by atoms with E-state index in [-0.39, 0.29) is 5.91 Å². The third kappa shape index (κ3) is 2.59. The number of nitrogens with one attached hydrogen (secondary N) is 2. The second-order valence-corrected chi connectivity index (χ2v) is 4.22. The van der Waals surface area contributed by atoms with Crippen LogP contribution in [-0.2, 0) is 11.2 Å². The smallest absolute Gasteiger partial charge is 0.221 e. The Balaban J connectivity index is 2.44. The quantitative estimate of drug-likeness (QED) is 0.867. The van der Waals surface area contributed by atoms with Gasteiger partial charge in [-0.25, -0.2) is 0 Å². The molecule has 4 nitrogen and oxygen atoms in total. The largest absolute Gasteiger partial charge is 0.323 e. The van der Waals surface area contributed by atoms with E-state index in [1.54, 1.807) is 0 Å². The van der Waals surface area contributed by atoms with Gasteiger partial charge in [0.1, 0.15) is 5.69 Å². The van der Waals surface area contributed by atoms with Crippen molar-refractivity contribution in [1.82, 2.24) is 10.2 Å². The number of hydrogen-bond donors (Lipinski definition) is 2. The zero-order valence-corrected chi connectivity index (χ0v) is 10.7. The fraction of sp³-hybridized carbons (Fsp3) is 0.286. The molecule has 18 heavy (non-hydrogen) atoms. The highest BCUT2D eigenvalue weighted by Gasteiger charge is 2.14. The summed E-state index contributed by atoms with van der Waals surface area (Å²) in [5, 5.41) is 10.2. The Morgan fingerprint density at radius 2 is 2.06 bits per heavy atom. The molecule has 2 N–H and O–H groups in total. The Kier molecular flexibility index (Phi) is 3.77. The fourth-order valence-corrected chi connectivity index (χ4v) is 1.92. The van der Waals surface area contributed by atoms with E-state index in [0.717, 1.165) is 35.5 Å². The van der Waals surface area contributed by atoms with E-state index in [0.29, 0.717) is 0 Å². The molecule has 0 unspecified atom stereocenters. The van der Waals surface area contributed by atoms with Crippen LogP contribution in [0.1, 0.15) is 26.0 Å². The van der Waals surface area contributed by atoms with Crippen LogP contribution in [0, 0.1) is 0 Å². The first-order valence-corrected chi connectivity index (χ1v) is 6.12. The number of aryl methyl sites for hydroxylation is 1. The number of H-pyrrole nitrogens is 1. The van der Waals surface area contributed by atoms with Crippen molar-refractivity contribution in [2.75, 3.05) is 5.32 Å². The Bertz CT molecular complexity index is 531. The van der Waals surface area contributed by atoms with Gasteiger partial charge in [0.05, 0.1) is 11.4 Å². The van der Waals surface area contributed by atoms with Crippen molar-refractivity contribution in [1.29, 1.82) is 0 Å². The van der Waals surface area contributed by atoms with Crippen molar-refractivity contribution in [3.63, 3.8) is 0 Å². The van der Waals surface area contributed by atoms with E-state index in [9.17, 15) is 4.79 Å². The van der Waals surface area contributed by atoms with Crippen LogP contribution in [0.15, 0.2) is 30.3 Å². The molecule has 1 aromatic carbocycles. The molecule has 2 aromatic rings. The minimum Gasteiger partial charge on any atom is -0.323 e. The van der Waals surface area contributed by atoms with E-state index in [1.807, 2.05) is 30.3 Å². The van der Waals surface area contributed by atoms with Gasteiger partial charge in [-0.05, 0) is 6.42 Å². The molecule has 1 aromatic heterocycles. The standard InChI is InChI=1S/C14H17N3O/c1-3-7-12-14(15-10(2)18)13(17-16-12)11-8-5-4-6-9-11/h4-6,8-9H,3,7H2,1-2H3,(H,15,18)(H,16,17). The average Bonchev–Trinajstić information content (AvgIpc) is 2.73. The van der Waals surface area contributed by atoms with Crippen LogP contribution in [0.4, 0.5) is 5.69 Å². The molecule has 94 valence electrons. The van der Waals surface area contributed by atoms with Crippen LogP contribution in [0.3, 0.4) is 0 Å². The zero-order valence-electron chi connectivity index (χ0n) is 10.7. The minimum atomic E-state index is -0.0778. The summed E-state index contributed by atoms with van der Waals surface area (Å²) >= 11 is 0. The maximum Gasteiger partial charge on any atom is 0.221 e. The van der Waals surface area contributed by atoms with Crippen molar-refractivity contribution in [2.45, 2.75) is 26.7 Å². The first-order valence-electron chi connectivity index (χ1n) is 6.12. The number of carbonyl (C=O) groups is 1.